The summed E-state index contributed by atoms with van der Waals surface area (Å²) in [5.41, 5.74) is 8.50. The van der Waals surface area contributed by atoms with E-state index in [2.05, 4.69) is 15.2 Å². The van der Waals surface area contributed by atoms with Gasteiger partial charge in [0.1, 0.15) is 11.5 Å². The predicted octanol–water partition coefficient (Wildman–Crippen LogP) is 2.62. The third-order valence-electron chi connectivity index (χ3n) is 2.75. The van der Waals surface area contributed by atoms with Gasteiger partial charge in [-0.1, -0.05) is 0 Å². The fourth-order valence-corrected chi connectivity index (χ4v) is 1.91. The predicted molar refractivity (Wildman–Crippen MR) is 68.7 cm³/mol. The number of H-pyrrole nitrogens is 1. The molecule has 3 heterocycles. The Bertz CT molecular complexity index is 669. The summed E-state index contributed by atoms with van der Waals surface area (Å²) in [5, 5.41) is 6.96. The van der Waals surface area contributed by atoms with Crippen molar-refractivity contribution in [2.75, 3.05) is 5.73 Å². The highest BCUT2D eigenvalue weighted by molar-refractivity contribution is 5.86. The van der Waals surface area contributed by atoms with Gasteiger partial charge in [0.05, 0.1) is 5.56 Å². The van der Waals surface area contributed by atoms with Gasteiger partial charge in [-0.05, 0) is 36.8 Å². The lowest BCUT2D eigenvalue weighted by Gasteiger charge is -2.01. The average molecular weight is 240 g/mol. The Balaban J connectivity index is 2.18. The van der Waals surface area contributed by atoms with E-state index >= 15 is 0 Å². The van der Waals surface area contributed by atoms with E-state index in [1.165, 1.54) is 0 Å². The van der Waals surface area contributed by atoms with Crippen molar-refractivity contribution < 1.29 is 4.42 Å². The zero-order chi connectivity index (χ0) is 12.5. The molecule has 3 aromatic rings. The first-order valence-corrected chi connectivity index (χ1v) is 5.57. The van der Waals surface area contributed by atoms with Gasteiger partial charge in [0.15, 0.2) is 11.6 Å². The molecule has 0 fully saturated rings. The Hall–Kier alpha value is -2.56. The second-order valence-electron chi connectivity index (χ2n) is 4.01. The van der Waals surface area contributed by atoms with E-state index in [1.807, 2.05) is 31.2 Å². The number of furan rings is 1. The number of anilines is 1. The molecule has 90 valence electrons. The van der Waals surface area contributed by atoms with Crippen LogP contribution in [0.25, 0.3) is 22.6 Å². The minimum atomic E-state index is 0.449. The molecule has 0 amide bonds. The number of aromatic nitrogens is 3. The summed E-state index contributed by atoms with van der Waals surface area (Å²) >= 11 is 0. The van der Waals surface area contributed by atoms with Crippen molar-refractivity contribution in [3.8, 4) is 22.6 Å². The summed E-state index contributed by atoms with van der Waals surface area (Å²) in [5.74, 6) is 2.02. The normalized spacial score (nSPS) is 10.7. The van der Waals surface area contributed by atoms with Crippen LogP contribution in [0.3, 0.4) is 0 Å². The van der Waals surface area contributed by atoms with Crippen LogP contribution >= 0.6 is 0 Å². The number of hydrogen-bond donors (Lipinski definition) is 2. The standard InChI is InChI=1S/C13H12N4O/c1-8-2-3-10(18-8)12-11(13(14)17-16-12)9-4-6-15-7-5-9/h2-7H,1H3,(H3,14,16,17). The molecular weight excluding hydrogens is 228 g/mol. The van der Waals surface area contributed by atoms with Crippen LogP contribution in [0.4, 0.5) is 5.82 Å². The first-order chi connectivity index (χ1) is 8.75. The van der Waals surface area contributed by atoms with Crippen molar-refractivity contribution in [1.82, 2.24) is 15.2 Å². The van der Waals surface area contributed by atoms with E-state index in [9.17, 15) is 0 Å². The van der Waals surface area contributed by atoms with Crippen LogP contribution in [0, 0.1) is 6.92 Å². The van der Waals surface area contributed by atoms with E-state index < -0.39 is 0 Å². The molecule has 0 aliphatic rings. The Kier molecular flexibility index (Phi) is 2.37. The third kappa shape index (κ3) is 1.66. The molecule has 0 saturated carbocycles. The third-order valence-corrected chi connectivity index (χ3v) is 2.75. The topological polar surface area (TPSA) is 80.7 Å². The van der Waals surface area contributed by atoms with Crippen LogP contribution in [0.2, 0.25) is 0 Å². The monoisotopic (exact) mass is 240 g/mol. The first kappa shape index (κ1) is 10.6. The molecule has 0 atom stereocenters. The van der Waals surface area contributed by atoms with Gasteiger partial charge in [0.25, 0.3) is 0 Å². The largest absolute Gasteiger partial charge is 0.460 e. The minimum absolute atomic E-state index is 0.449. The number of nitrogens with one attached hydrogen (secondary N) is 1. The molecular formula is C13H12N4O. The molecule has 0 spiro atoms. The summed E-state index contributed by atoms with van der Waals surface area (Å²) in [6.07, 6.45) is 3.44. The molecule has 3 N–H and O–H groups in total. The summed E-state index contributed by atoms with van der Waals surface area (Å²) in [6.45, 7) is 1.90. The Morgan fingerprint density at radius 1 is 1.17 bits per heavy atom. The van der Waals surface area contributed by atoms with Crippen LogP contribution in [-0.4, -0.2) is 15.2 Å². The van der Waals surface area contributed by atoms with E-state index in [0.717, 1.165) is 28.3 Å². The highest BCUT2D eigenvalue weighted by Crippen LogP contribution is 2.34. The fraction of sp³-hybridized carbons (Fsp3) is 0.0769. The van der Waals surface area contributed by atoms with Crippen molar-refractivity contribution in [3.63, 3.8) is 0 Å². The highest BCUT2D eigenvalue weighted by Gasteiger charge is 2.16. The van der Waals surface area contributed by atoms with Crippen molar-refractivity contribution in [3.05, 3.63) is 42.4 Å². The maximum Gasteiger partial charge on any atom is 0.153 e. The molecule has 0 aliphatic heterocycles. The van der Waals surface area contributed by atoms with E-state index in [-0.39, 0.29) is 0 Å². The lowest BCUT2D eigenvalue weighted by Crippen LogP contribution is -1.88. The quantitative estimate of drug-likeness (QED) is 0.721. The second kappa shape index (κ2) is 4.03. The first-order valence-electron chi connectivity index (χ1n) is 5.57. The van der Waals surface area contributed by atoms with Gasteiger partial charge >= 0.3 is 0 Å². The molecule has 0 unspecified atom stereocenters. The molecule has 18 heavy (non-hydrogen) atoms. The molecule has 0 radical (unpaired) electrons. The molecule has 5 heteroatoms. The number of nitrogens with zero attached hydrogens (tertiary/aromatic N) is 2. The SMILES string of the molecule is Cc1ccc(-c2[nH]nc(N)c2-c2ccncc2)o1. The molecule has 0 bridgehead atoms. The number of pyridine rings is 1. The van der Waals surface area contributed by atoms with Gasteiger partial charge in [-0.15, -0.1) is 0 Å². The Morgan fingerprint density at radius 2 is 1.94 bits per heavy atom. The molecule has 0 saturated heterocycles. The molecule has 5 nitrogen and oxygen atoms in total. The van der Waals surface area contributed by atoms with Crippen LogP contribution in [0.5, 0.6) is 0 Å². The van der Waals surface area contributed by atoms with Crippen LogP contribution in [0.1, 0.15) is 5.76 Å². The fourth-order valence-electron chi connectivity index (χ4n) is 1.91. The lowest BCUT2D eigenvalue weighted by molar-refractivity contribution is 0.546. The van der Waals surface area contributed by atoms with Crippen molar-refractivity contribution in [2.45, 2.75) is 6.92 Å². The maximum absolute atomic E-state index is 5.91. The zero-order valence-electron chi connectivity index (χ0n) is 9.84. The summed E-state index contributed by atoms with van der Waals surface area (Å²) in [7, 11) is 0. The van der Waals surface area contributed by atoms with E-state index in [1.54, 1.807) is 12.4 Å². The van der Waals surface area contributed by atoms with Gasteiger partial charge in [-0.2, -0.15) is 5.10 Å². The Labute approximate surface area is 104 Å². The number of nitrogen functional groups attached to an aromatic ring is 1. The number of hydrogen-bond acceptors (Lipinski definition) is 4. The van der Waals surface area contributed by atoms with Crippen molar-refractivity contribution in [1.29, 1.82) is 0 Å². The molecule has 0 aliphatic carbocycles. The van der Waals surface area contributed by atoms with Crippen molar-refractivity contribution >= 4 is 5.82 Å². The zero-order valence-corrected chi connectivity index (χ0v) is 9.84. The summed E-state index contributed by atoms with van der Waals surface area (Å²) in [6, 6.07) is 7.58. The van der Waals surface area contributed by atoms with Gasteiger partial charge < -0.3 is 10.2 Å². The van der Waals surface area contributed by atoms with Gasteiger partial charge in [0.2, 0.25) is 0 Å². The van der Waals surface area contributed by atoms with E-state index in [0.29, 0.717) is 5.82 Å². The van der Waals surface area contributed by atoms with Crippen LogP contribution in [0.15, 0.2) is 41.1 Å². The molecule has 3 rings (SSSR count). The smallest absolute Gasteiger partial charge is 0.153 e. The average Bonchev–Trinajstić information content (AvgIpc) is 2.96. The number of nitrogens with two attached hydrogens (primary N) is 1. The summed E-state index contributed by atoms with van der Waals surface area (Å²) < 4.78 is 5.60. The van der Waals surface area contributed by atoms with Crippen LogP contribution < -0.4 is 5.73 Å². The number of aryl methyl sites for hydroxylation is 1. The Morgan fingerprint density at radius 3 is 2.61 bits per heavy atom. The maximum atomic E-state index is 5.91. The lowest BCUT2D eigenvalue weighted by atomic mass is 10.1. The van der Waals surface area contributed by atoms with Crippen molar-refractivity contribution in [2.24, 2.45) is 0 Å². The molecule has 0 aromatic carbocycles. The molecule has 3 aromatic heterocycles. The minimum Gasteiger partial charge on any atom is -0.460 e. The van der Waals surface area contributed by atoms with Gasteiger partial charge in [0, 0.05) is 12.4 Å². The highest BCUT2D eigenvalue weighted by atomic mass is 16.3. The van der Waals surface area contributed by atoms with Gasteiger partial charge in [-0.25, -0.2) is 0 Å². The second-order valence-corrected chi connectivity index (χ2v) is 4.01. The number of aromatic amines is 1. The van der Waals surface area contributed by atoms with E-state index in [4.69, 9.17) is 10.2 Å². The summed E-state index contributed by atoms with van der Waals surface area (Å²) in [4.78, 5) is 4.00. The van der Waals surface area contributed by atoms with Gasteiger partial charge in [-0.3, -0.25) is 10.1 Å². The van der Waals surface area contributed by atoms with Crippen LogP contribution in [-0.2, 0) is 0 Å². The number of rotatable bonds is 2.